The van der Waals surface area contributed by atoms with Gasteiger partial charge in [0.1, 0.15) is 11.7 Å². The Morgan fingerprint density at radius 2 is 2.15 bits per heavy atom. The second-order valence-electron chi connectivity index (χ2n) is 4.89. The van der Waals surface area contributed by atoms with E-state index >= 15 is 0 Å². The normalized spacial score (nSPS) is 12.4. The van der Waals surface area contributed by atoms with E-state index in [0.29, 0.717) is 25.1 Å². The first-order chi connectivity index (χ1) is 9.47. The van der Waals surface area contributed by atoms with Gasteiger partial charge in [0.15, 0.2) is 0 Å². The minimum Gasteiger partial charge on any atom is -0.480 e. The zero-order valence-electron chi connectivity index (χ0n) is 12.1. The van der Waals surface area contributed by atoms with Crippen molar-refractivity contribution in [2.75, 3.05) is 13.7 Å². The van der Waals surface area contributed by atoms with Gasteiger partial charge >= 0.3 is 5.97 Å². The molecule has 1 aromatic rings. The number of carbonyl (C=O) groups is 2. The highest BCUT2D eigenvalue weighted by atomic mass is 16.5. The number of aliphatic carboxylic acids is 1. The summed E-state index contributed by atoms with van der Waals surface area (Å²) in [6.07, 6.45) is 2.73. The molecule has 1 atom stereocenters. The highest BCUT2D eigenvalue weighted by Crippen LogP contribution is 2.11. The van der Waals surface area contributed by atoms with Crippen LogP contribution in [0, 0.1) is 0 Å². The third-order valence-electron chi connectivity index (χ3n) is 3.01. The van der Waals surface area contributed by atoms with Gasteiger partial charge in [-0.15, -0.1) is 0 Å². The number of nitrogens with one attached hydrogen (secondary N) is 1. The van der Waals surface area contributed by atoms with Gasteiger partial charge in [0.05, 0.1) is 0 Å². The maximum absolute atomic E-state index is 12.2. The molecule has 0 aromatic carbocycles. The van der Waals surface area contributed by atoms with E-state index in [0.717, 1.165) is 0 Å². The third kappa shape index (κ3) is 4.38. The lowest BCUT2D eigenvalue weighted by Crippen LogP contribution is -2.41. The topological polar surface area (TPSA) is 80.6 Å². The molecule has 0 fully saturated rings. The summed E-state index contributed by atoms with van der Waals surface area (Å²) in [5.41, 5.74) is 0.470. The maximum atomic E-state index is 12.2. The fourth-order valence-corrected chi connectivity index (χ4v) is 1.96. The number of carboxylic acid groups (broad SMARTS) is 1. The molecule has 1 rings (SSSR count). The largest absolute Gasteiger partial charge is 0.480 e. The van der Waals surface area contributed by atoms with E-state index in [2.05, 4.69) is 5.32 Å². The number of hydrogen-bond acceptors (Lipinski definition) is 3. The van der Waals surface area contributed by atoms with Gasteiger partial charge in [0, 0.05) is 26.0 Å². The fourth-order valence-electron chi connectivity index (χ4n) is 1.96. The number of hydrogen-bond donors (Lipinski definition) is 2. The number of carbonyl (C=O) groups excluding carboxylic acids is 1. The Morgan fingerprint density at radius 1 is 1.45 bits per heavy atom. The van der Waals surface area contributed by atoms with E-state index in [9.17, 15) is 9.59 Å². The minimum atomic E-state index is -1.03. The van der Waals surface area contributed by atoms with Crippen molar-refractivity contribution in [3.8, 4) is 0 Å². The summed E-state index contributed by atoms with van der Waals surface area (Å²) in [5.74, 6) is -1.40. The molecule has 112 valence electrons. The first-order valence-corrected chi connectivity index (χ1v) is 6.66. The van der Waals surface area contributed by atoms with Crippen molar-refractivity contribution in [3.05, 3.63) is 24.0 Å². The van der Waals surface area contributed by atoms with Gasteiger partial charge in [0.25, 0.3) is 5.91 Å². The molecule has 1 aromatic heterocycles. The monoisotopic (exact) mass is 282 g/mol. The summed E-state index contributed by atoms with van der Waals surface area (Å²) >= 11 is 0. The highest BCUT2D eigenvalue weighted by Gasteiger charge is 2.22. The van der Waals surface area contributed by atoms with Gasteiger partial charge in [-0.3, -0.25) is 4.79 Å². The predicted octanol–water partition coefficient (Wildman–Crippen LogP) is 1.68. The average Bonchev–Trinajstić information content (AvgIpc) is 2.86. The zero-order chi connectivity index (χ0) is 15.1. The zero-order valence-corrected chi connectivity index (χ0v) is 12.1. The number of methoxy groups -OCH3 is 1. The van der Waals surface area contributed by atoms with Crippen LogP contribution in [0.25, 0.3) is 0 Å². The summed E-state index contributed by atoms with van der Waals surface area (Å²) in [6.45, 7) is 4.40. The number of carboxylic acids is 1. The van der Waals surface area contributed by atoms with E-state index in [1.54, 1.807) is 25.4 Å². The summed E-state index contributed by atoms with van der Waals surface area (Å²) in [6, 6.07) is 2.70. The first-order valence-electron chi connectivity index (χ1n) is 6.66. The lowest BCUT2D eigenvalue weighted by molar-refractivity contribution is -0.139. The van der Waals surface area contributed by atoms with Crippen molar-refractivity contribution in [3.63, 3.8) is 0 Å². The number of ether oxygens (including phenoxy) is 1. The number of aromatic nitrogens is 1. The van der Waals surface area contributed by atoms with Crippen molar-refractivity contribution < 1.29 is 19.4 Å². The van der Waals surface area contributed by atoms with E-state index in [1.165, 1.54) is 0 Å². The standard InChI is InChI=1S/C14H22N2O4/c1-10(2)16-8-4-7-12(16)13(17)15-11(14(18)19)6-5-9-20-3/h4,7-8,10-11H,5-6,9H2,1-3H3,(H,15,17)(H,18,19). The Balaban J connectivity index is 2.70. The molecule has 0 aliphatic heterocycles. The second-order valence-corrected chi connectivity index (χ2v) is 4.89. The summed E-state index contributed by atoms with van der Waals surface area (Å²) in [5, 5.41) is 11.7. The van der Waals surface area contributed by atoms with Crippen LogP contribution in [-0.2, 0) is 9.53 Å². The van der Waals surface area contributed by atoms with Crippen molar-refractivity contribution in [1.29, 1.82) is 0 Å². The maximum Gasteiger partial charge on any atom is 0.326 e. The first kappa shape index (κ1) is 16.2. The molecule has 0 bridgehead atoms. The molecule has 1 unspecified atom stereocenters. The highest BCUT2D eigenvalue weighted by molar-refractivity contribution is 5.95. The lowest BCUT2D eigenvalue weighted by atomic mass is 10.1. The Hall–Kier alpha value is -1.82. The summed E-state index contributed by atoms with van der Waals surface area (Å²) in [7, 11) is 1.56. The molecule has 2 N–H and O–H groups in total. The van der Waals surface area contributed by atoms with Gasteiger partial charge in [-0.25, -0.2) is 4.79 Å². The molecule has 0 aliphatic rings. The number of amides is 1. The Bertz CT molecular complexity index is 454. The van der Waals surface area contributed by atoms with Crippen LogP contribution in [-0.4, -0.2) is 41.3 Å². The predicted molar refractivity (Wildman–Crippen MR) is 74.8 cm³/mol. The lowest BCUT2D eigenvalue weighted by Gasteiger charge is -2.17. The molecule has 0 radical (unpaired) electrons. The second kappa shape index (κ2) is 7.69. The van der Waals surface area contributed by atoms with Crippen LogP contribution in [0.1, 0.15) is 43.2 Å². The van der Waals surface area contributed by atoms with Gasteiger partial charge in [0.2, 0.25) is 0 Å². The molecular formula is C14H22N2O4. The van der Waals surface area contributed by atoms with Crippen molar-refractivity contribution in [2.24, 2.45) is 0 Å². The van der Waals surface area contributed by atoms with Crippen LogP contribution in [0.15, 0.2) is 18.3 Å². The molecule has 0 spiro atoms. The molecule has 0 saturated heterocycles. The molecule has 1 heterocycles. The molecular weight excluding hydrogens is 260 g/mol. The van der Waals surface area contributed by atoms with Crippen LogP contribution in [0.2, 0.25) is 0 Å². The van der Waals surface area contributed by atoms with E-state index in [-0.39, 0.29) is 11.9 Å². The van der Waals surface area contributed by atoms with E-state index < -0.39 is 12.0 Å². The Labute approximate surface area is 118 Å². The van der Waals surface area contributed by atoms with Gasteiger partial charge in [-0.2, -0.15) is 0 Å². The van der Waals surface area contributed by atoms with Crippen LogP contribution >= 0.6 is 0 Å². The summed E-state index contributed by atoms with van der Waals surface area (Å²) in [4.78, 5) is 23.3. The van der Waals surface area contributed by atoms with Crippen molar-refractivity contribution >= 4 is 11.9 Å². The Morgan fingerprint density at radius 3 is 2.70 bits per heavy atom. The fraction of sp³-hybridized carbons (Fsp3) is 0.571. The number of rotatable bonds is 8. The Kier molecular flexibility index (Phi) is 6.24. The molecule has 6 heteroatoms. The van der Waals surface area contributed by atoms with Gasteiger partial charge in [-0.05, 0) is 38.8 Å². The van der Waals surface area contributed by atoms with Crippen LogP contribution in [0.5, 0.6) is 0 Å². The number of nitrogens with zero attached hydrogens (tertiary/aromatic N) is 1. The van der Waals surface area contributed by atoms with Crippen LogP contribution < -0.4 is 5.32 Å². The summed E-state index contributed by atoms with van der Waals surface area (Å²) < 4.78 is 6.70. The molecule has 0 saturated carbocycles. The average molecular weight is 282 g/mol. The quantitative estimate of drug-likeness (QED) is 0.711. The van der Waals surface area contributed by atoms with Crippen molar-refractivity contribution in [2.45, 2.75) is 38.8 Å². The smallest absolute Gasteiger partial charge is 0.326 e. The van der Waals surface area contributed by atoms with E-state index in [4.69, 9.17) is 9.84 Å². The molecule has 6 nitrogen and oxygen atoms in total. The van der Waals surface area contributed by atoms with Gasteiger partial charge in [-0.1, -0.05) is 0 Å². The van der Waals surface area contributed by atoms with Crippen LogP contribution in [0.3, 0.4) is 0 Å². The molecule has 0 aliphatic carbocycles. The minimum absolute atomic E-state index is 0.141. The van der Waals surface area contributed by atoms with E-state index in [1.807, 2.05) is 18.4 Å². The molecule has 20 heavy (non-hydrogen) atoms. The van der Waals surface area contributed by atoms with Crippen LogP contribution in [0.4, 0.5) is 0 Å². The SMILES string of the molecule is COCCCC(NC(=O)c1cccn1C(C)C)C(=O)O. The van der Waals surface area contributed by atoms with Crippen molar-refractivity contribution in [1.82, 2.24) is 9.88 Å². The van der Waals surface area contributed by atoms with Gasteiger partial charge < -0.3 is 19.7 Å². The molecule has 1 amide bonds. The third-order valence-corrected chi connectivity index (χ3v) is 3.01.